The summed E-state index contributed by atoms with van der Waals surface area (Å²) in [7, 11) is 0. The molecular formula is C21H27ClN4O5. The molecule has 0 saturated carbocycles. The number of aromatic nitrogens is 2. The van der Waals surface area contributed by atoms with Gasteiger partial charge in [-0.3, -0.25) is 4.90 Å². The van der Waals surface area contributed by atoms with Crippen LogP contribution in [0, 0.1) is 0 Å². The van der Waals surface area contributed by atoms with Gasteiger partial charge >= 0.3 is 12.0 Å². The average molecular weight is 451 g/mol. The van der Waals surface area contributed by atoms with E-state index in [1.54, 1.807) is 24.8 Å². The van der Waals surface area contributed by atoms with Gasteiger partial charge in [0.25, 0.3) is 0 Å². The molecule has 0 bridgehead atoms. The number of benzene rings is 1. The van der Waals surface area contributed by atoms with Crippen molar-refractivity contribution >= 4 is 23.6 Å². The Morgan fingerprint density at radius 2 is 2.03 bits per heavy atom. The number of rotatable bonds is 6. The molecule has 31 heavy (non-hydrogen) atoms. The minimum absolute atomic E-state index is 0.0906. The molecule has 1 amide bonds. The van der Waals surface area contributed by atoms with E-state index in [0.717, 1.165) is 10.2 Å². The second kappa shape index (κ2) is 9.25. The molecule has 3 rings (SSSR count). The highest BCUT2D eigenvalue weighted by molar-refractivity contribution is 6.32. The number of hydrogen-bond acceptors (Lipinski definition) is 6. The first-order chi connectivity index (χ1) is 14.5. The topological polar surface area (TPSA) is 108 Å². The summed E-state index contributed by atoms with van der Waals surface area (Å²) < 4.78 is 6.73. The maximum Gasteiger partial charge on any atom is 0.356 e. The number of carboxylic acid groups (broad SMARTS) is 1. The minimum Gasteiger partial charge on any atom is -0.489 e. The molecule has 1 aliphatic heterocycles. The number of ether oxygens (including phenoxy) is 1. The number of piperazine rings is 1. The summed E-state index contributed by atoms with van der Waals surface area (Å²) in [4.78, 5) is 27.6. The number of carboxylic acids is 1. The third-order valence-electron chi connectivity index (χ3n) is 4.98. The van der Waals surface area contributed by atoms with Crippen LogP contribution in [0.2, 0.25) is 5.02 Å². The monoisotopic (exact) mass is 450 g/mol. The van der Waals surface area contributed by atoms with Crippen LogP contribution in [-0.2, 0) is 6.54 Å². The average Bonchev–Trinajstić information content (AvgIpc) is 3.18. The van der Waals surface area contributed by atoms with E-state index in [1.807, 2.05) is 19.1 Å². The summed E-state index contributed by atoms with van der Waals surface area (Å²) in [5.41, 5.74) is -0.224. The van der Waals surface area contributed by atoms with Crippen molar-refractivity contribution in [2.24, 2.45) is 0 Å². The first-order valence-corrected chi connectivity index (χ1v) is 10.4. The largest absolute Gasteiger partial charge is 0.489 e. The molecular weight excluding hydrogens is 424 g/mol. The molecule has 1 aromatic heterocycles. The number of carbonyl (C=O) groups excluding carboxylic acids is 1. The summed E-state index contributed by atoms with van der Waals surface area (Å²) in [5, 5.41) is 23.2. The van der Waals surface area contributed by atoms with Gasteiger partial charge in [0, 0.05) is 38.4 Å². The number of hydrogen-bond donors (Lipinski definition) is 2. The third kappa shape index (κ3) is 5.75. The van der Waals surface area contributed by atoms with Crippen LogP contribution in [0.4, 0.5) is 4.79 Å². The molecule has 168 valence electrons. The standard InChI is InChI=1S/C21H27ClN4O5/c1-14-11-24(9-10-25(14)20(29)26-8-7-16(23-26)19(27)28)12-15-5-4-6-17(18(15)22)31-13-21(2,3)30/h4-8,14,30H,9-13H2,1-3H3,(H,27,28)/t14-/m0/s1. The molecule has 0 unspecified atom stereocenters. The third-order valence-corrected chi connectivity index (χ3v) is 5.41. The van der Waals surface area contributed by atoms with Gasteiger partial charge < -0.3 is 19.8 Å². The SMILES string of the molecule is C[C@H]1CN(Cc2cccc(OCC(C)(C)O)c2Cl)CCN1C(=O)n1ccc(C(=O)O)n1. The molecule has 2 heterocycles. The molecule has 1 atom stereocenters. The molecule has 0 radical (unpaired) electrons. The van der Waals surface area contributed by atoms with E-state index >= 15 is 0 Å². The molecule has 2 aromatic rings. The van der Waals surface area contributed by atoms with Crippen molar-refractivity contribution in [3.63, 3.8) is 0 Å². The van der Waals surface area contributed by atoms with E-state index in [9.17, 15) is 14.7 Å². The molecule has 1 saturated heterocycles. The number of nitrogens with zero attached hydrogens (tertiary/aromatic N) is 4. The molecule has 1 fully saturated rings. The Labute approximate surface area is 185 Å². The van der Waals surface area contributed by atoms with Gasteiger partial charge in [-0.25, -0.2) is 9.59 Å². The Hall–Kier alpha value is -2.62. The zero-order valence-corrected chi connectivity index (χ0v) is 18.5. The Morgan fingerprint density at radius 3 is 2.65 bits per heavy atom. The quantitative estimate of drug-likeness (QED) is 0.696. The van der Waals surface area contributed by atoms with Crippen LogP contribution in [0.3, 0.4) is 0 Å². The maximum atomic E-state index is 12.7. The van der Waals surface area contributed by atoms with Crippen LogP contribution in [0.25, 0.3) is 0 Å². The van der Waals surface area contributed by atoms with E-state index in [0.29, 0.717) is 37.0 Å². The zero-order chi connectivity index (χ0) is 22.8. The van der Waals surface area contributed by atoms with Gasteiger partial charge in [-0.1, -0.05) is 23.7 Å². The van der Waals surface area contributed by atoms with Crippen molar-refractivity contribution in [2.45, 2.75) is 39.0 Å². The second-order valence-corrected chi connectivity index (χ2v) is 8.72. The lowest BCUT2D eigenvalue weighted by atomic mass is 10.1. The summed E-state index contributed by atoms with van der Waals surface area (Å²) in [6, 6.07) is 6.43. The summed E-state index contributed by atoms with van der Waals surface area (Å²) in [5.74, 6) is -0.647. The molecule has 10 heteroatoms. The lowest BCUT2D eigenvalue weighted by molar-refractivity contribution is 0.0284. The second-order valence-electron chi connectivity index (χ2n) is 8.34. The molecule has 1 aliphatic rings. The molecule has 1 aromatic carbocycles. The van der Waals surface area contributed by atoms with Gasteiger partial charge in [0.2, 0.25) is 0 Å². The first kappa shape index (κ1) is 23.1. The first-order valence-electron chi connectivity index (χ1n) is 10.00. The van der Waals surface area contributed by atoms with Crippen LogP contribution in [0.5, 0.6) is 5.75 Å². The Morgan fingerprint density at radius 1 is 1.29 bits per heavy atom. The fraction of sp³-hybridized carbons (Fsp3) is 0.476. The van der Waals surface area contributed by atoms with Gasteiger partial charge in [0.1, 0.15) is 12.4 Å². The number of aliphatic hydroxyl groups is 1. The van der Waals surface area contributed by atoms with Crippen molar-refractivity contribution in [3.8, 4) is 5.75 Å². The van der Waals surface area contributed by atoms with Gasteiger partial charge in [-0.05, 0) is 38.5 Å². The summed E-state index contributed by atoms with van der Waals surface area (Å²) >= 11 is 6.52. The Kier molecular flexibility index (Phi) is 6.88. The van der Waals surface area contributed by atoms with Crippen molar-refractivity contribution in [2.75, 3.05) is 26.2 Å². The fourth-order valence-electron chi connectivity index (χ4n) is 3.42. The van der Waals surface area contributed by atoms with Gasteiger partial charge in [0.15, 0.2) is 5.69 Å². The normalized spacial score (nSPS) is 17.6. The number of halogens is 1. The van der Waals surface area contributed by atoms with Crippen LogP contribution < -0.4 is 4.74 Å². The van der Waals surface area contributed by atoms with Gasteiger partial charge in [-0.2, -0.15) is 9.78 Å². The molecule has 9 nitrogen and oxygen atoms in total. The highest BCUT2D eigenvalue weighted by atomic mass is 35.5. The van der Waals surface area contributed by atoms with E-state index in [2.05, 4.69) is 10.00 Å². The van der Waals surface area contributed by atoms with E-state index in [1.165, 1.54) is 12.3 Å². The lowest BCUT2D eigenvalue weighted by Gasteiger charge is -2.39. The van der Waals surface area contributed by atoms with Crippen LogP contribution in [-0.4, -0.2) is 79.7 Å². The summed E-state index contributed by atoms with van der Waals surface area (Å²) in [6.45, 7) is 7.74. The zero-order valence-electron chi connectivity index (χ0n) is 17.8. The van der Waals surface area contributed by atoms with E-state index in [4.69, 9.17) is 21.4 Å². The highest BCUT2D eigenvalue weighted by Gasteiger charge is 2.29. The van der Waals surface area contributed by atoms with Crippen LogP contribution >= 0.6 is 11.6 Å². The number of aromatic carboxylic acids is 1. The van der Waals surface area contributed by atoms with Crippen molar-refractivity contribution in [3.05, 3.63) is 46.7 Å². The van der Waals surface area contributed by atoms with Crippen molar-refractivity contribution in [1.82, 2.24) is 19.6 Å². The lowest BCUT2D eigenvalue weighted by Crippen LogP contribution is -2.54. The maximum absolute atomic E-state index is 12.7. The van der Waals surface area contributed by atoms with E-state index in [-0.39, 0.29) is 24.4 Å². The fourth-order valence-corrected chi connectivity index (χ4v) is 3.66. The number of amides is 1. The minimum atomic E-state index is -1.17. The molecule has 0 aliphatic carbocycles. The van der Waals surface area contributed by atoms with E-state index < -0.39 is 11.6 Å². The van der Waals surface area contributed by atoms with Crippen LogP contribution in [0.15, 0.2) is 30.5 Å². The van der Waals surface area contributed by atoms with Gasteiger partial charge in [0.05, 0.1) is 10.6 Å². The number of carbonyl (C=O) groups is 2. The predicted octanol–water partition coefficient (Wildman–Crippen LogP) is 2.56. The Balaban J connectivity index is 1.62. The molecule has 2 N–H and O–H groups in total. The summed E-state index contributed by atoms with van der Waals surface area (Å²) in [6.07, 6.45) is 1.36. The molecule has 0 spiro atoms. The smallest absolute Gasteiger partial charge is 0.356 e. The van der Waals surface area contributed by atoms with Crippen molar-refractivity contribution in [1.29, 1.82) is 0 Å². The van der Waals surface area contributed by atoms with Crippen LogP contribution in [0.1, 0.15) is 36.8 Å². The Bertz CT molecular complexity index is 955. The highest BCUT2D eigenvalue weighted by Crippen LogP contribution is 2.30. The van der Waals surface area contributed by atoms with Gasteiger partial charge in [-0.15, -0.1) is 0 Å². The predicted molar refractivity (Wildman–Crippen MR) is 115 cm³/mol. The van der Waals surface area contributed by atoms with Crippen molar-refractivity contribution < 1.29 is 24.5 Å².